The fraction of sp³-hybridized carbons (Fsp3) is 0.298. The molecule has 2 aliphatic carbocycles. The lowest BCUT2D eigenvalue weighted by Gasteiger charge is -1.97. The Kier molecular flexibility index (Phi) is 23.7. The summed E-state index contributed by atoms with van der Waals surface area (Å²) in [7, 11) is 3.75. The molecule has 0 saturated carbocycles. The van der Waals surface area contributed by atoms with Gasteiger partial charge >= 0.3 is 0 Å². The van der Waals surface area contributed by atoms with Crippen LogP contribution in [-0.4, -0.2) is 73.1 Å². The average Bonchev–Trinajstić information content (AvgIpc) is 4.07. The number of benzene rings is 2. The maximum absolute atomic E-state index is 11.9. The third-order valence-corrected chi connectivity index (χ3v) is 8.30. The van der Waals surface area contributed by atoms with Gasteiger partial charge in [0.15, 0.2) is 30.0 Å². The van der Waals surface area contributed by atoms with Gasteiger partial charge in [0.25, 0.3) is 0 Å². The number of hydrogen-bond acceptors (Lipinski definition) is 9. The molecule has 5 heterocycles. The van der Waals surface area contributed by atoms with Crippen molar-refractivity contribution in [2.45, 2.75) is 83.6 Å². The van der Waals surface area contributed by atoms with Crippen LogP contribution in [0.4, 0.5) is 0 Å². The van der Waals surface area contributed by atoms with E-state index in [1.54, 1.807) is 42.9 Å². The first-order valence-corrected chi connectivity index (χ1v) is 18.1. The maximum atomic E-state index is 11.9. The van der Waals surface area contributed by atoms with Crippen molar-refractivity contribution in [2.24, 2.45) is 14.1 Å². The summed E-state index contributed by atoms with van der Waals surface area (Å²) in [5.41, 5.74) is 10.3. The van der Waals surface area contributed by atoms with Crippen LogP contribution in [0.15, 0.2) is 92.2 Å². The van der Waals surface area contributed by atoms with Gasteiger partial charge in [-0.15, -0.1) is 0 Å². The number of ketones is 2. The van der Waals surface area contributed by atoms with Gasteiger partial charge < -0.3 is 24.1 Å². The summed E-state index contributed by atoms with van der Waals surface area (Å²) in [5.74, 6) is 2.12. The molecule has 0 unspecified atom stereocenters. The van der Waals surface area contributed by atoms with Gasteiger partial charge in [-0.2, -0.15) is 0 Å². The predicted octanol–water partition coefficient (Wildman–Crippen LogP) is 8.80. The van der Waals surface area contributed by atoms with Crippen LogP contribution in [0.2, 0.25) is 0 Å². The minimum atomic E-state index is 0. The Morgan fingerprint density at radius 3 is 1.57 bits per heavy atom. The molecule has 0 fully saturated rings. The first kappa shape index (κ1) is 53.9. The number of rotatable bonds is 3. The molecule has 14 nitrogen and oxygen atoms in total. The van der Waals surface area contributed by atoms with Crippen LogP contribution >= 0.6 is 0 Å². The lowest BCUT2D eigenvalue weighted by molar-refractivity contribution is -0.117. The topological polar surface area (TPSA) is 190 Å². The van der Waals surface area contributed by atoms with Gasteiger partial charge in [0.2, 0.25) is 0 Å². The van der Waals surface area contributed by atoms with E-state index in [-0.39, 0.29) is 35.5 Å². The Bertz CT molecular complexity index is 2370. The number of H-pyrrole nitrogens is 3. The molecule has 3 N–H and O–H groups in total. The Labute approximate surface area is 361 Å². The second kappa shape index (κ2) is 26.8. The molecule has 7 aromatic rings. The highest BCUT2D eigenvalue weighted by Crippen LogP contribution is 2.30. The molecule has 2 aromatic carbocycles. The monoisotopic (exact) mass is 833 g/mol. The third-order valence-electron chi connectivity index (χ3n) is 8.30. The fourth-order valence-electron chi connectivity index (χ4n) is 5.65. The van der Waals surface area contributed by atoms with Crippen molar-refractivity contribution < 1.29 is 19.2 Å². The molecule has 9 rings (SSSR count). The summed E-state index contributed by atoms with van der Waals surface area (Å²) in [4.78, 5) is 71.2. The Morgan fingerprint density at radius 2 is 1.21 bits per heavy atom. The molecule has 61 heavy (non-hydrogen) atoms. The number of allylic oxidation sites excluding steroid dienone is 1. The summed E-state index contributed by atoms with van der Waals surface area (Å²) < 4.78 is 3.62. The zero-order chi connectivity index (χ0) is 41.3. The number of aldehydes is 2. The molecule has 0 atom stereocenters. The number of aromatic amines is 3. The first-order chi connectivity index (χ1) is 27.3. The van der Waals surface area contributed by atoms with E-state index in [0.717, 1.165) is 57.3 Å². The van der Waals surface area contributed by atoms with Gasteiger partial charge in [-0.1, -0.05) is 78.2 Å². The highest BCUT2D eigenvalue weighted by molar-refractivity contribution is 6.29. The van der Waals surface area contributed by atoms with E-state index >= 15 is 0 Å². The van der Waals surface area contributed by atoms with Crippen molar-refractivity contribution in [3.63, 3.8) is 0 Å². The Morgan fingerprint density at radius 1 is 0.639 bits per heavy atom. The van der Waals surface area contributed by atoms with Crippen LogP contribution in [-0.2, 0) is 42.9 Å². The maximum Gasteiger partial charge on any atom is 0.185 e. The number of carbonyl (C=O) groups excluding carboxylic acids is 4. The molecule has 326 valence electrons. The number of Topliss-reactive ketones (excluding diaryl/α,β-unsaturated/α-hetero) is 2. The van der Waals surface area contributed by atoms with Crippen molar-refractivity contribution in [3.05, 3.63) is 160 Å². The lowest BCUT2D eigenvalue weighted by atomic mass is 10.1. The molecule has 0 saturated heterocycles. The number of nitrogens with one attached hydrogen (secondary N) is 3. The van der Waals surface area contributed by atoms with Crippen LogP contribution in [0.5, 0.6) is 0 Å². The highest BCUT2D eigenvalue weighted by atomic mass is 16.1. The van der Waals surface area contributed by atoms with Gasteiger partial charge in [-0.05, 0) is 62.9 Å². The predicted molar refractivity (Wildman–Crippen MR) is 245 cm³/mol. The van der Waals surface area contributed by atoms with Gasteiger partial charge in [-0.3, -0.25) is 19.2 Å². The van der Waals surface area contributed by atoms with E-state index in [1.165, 1.54) is 11.1 Å². The molecule has 14 heteroatoms. The van der Waals surface area contributed by atoms with Crippen LogP contribution in [0.3, 0.4) is 0 Å². The van der Waals surface area contributed by atoms with Crippen molar-refractivity contribution in [1.82, 2.24) is 49.0 Å². The average molecular weight is 833 g/mol. The molecule has 0 radical (unpaired) electrons. The van der Waals surface area contributed by atoms with Crippen LogP contribution < -0.4 is 0 Å². The van der Waals surface area contributed by atoms with Gasteiger partial charge in [0.1, 0.15) is 11.6 Å². The number of nitrogens with zero attached hydrogens (tertiary/aromatic N) is 7. The minimum absolute atomic E-state index is 0. The highest BCUT2D eigenvalue weighted by Gasteiger charge is 2.24. The zero-order valence-electron chi connectivity index (χ0n) is 33.3. The van der Waals surface area contributed by atoms with E-state index in [0.29, 0.717) is 43.0 Å². The normalized spacial score (nSPS) is 11.7. The lowest BCUT2D eigenvalue weighted by Crippen LogP contribution is -1.94. The minimum Gasteiger partial charge on any atom is -0.349 e. The summed E-state index contributed by atoms with van der Waals surface area (Å²) in [6.07, 6.45) is 17.4. The van der Waals surface area contributed by atoms with Crippen molar-refractivity contribution in [1.29, 1.82) is 0 Å². The van der Waals surface area contributed by atoms with E-state index in [9.17, 15) is 19.2 Å². The summed E-state index contributed by atoms with van der Waals surface area (Å²) in [6, 6.07) is 15.9. The summed E-state index contributed by atoms with van der Waals surface area (Å²) >= 11 is 0. The smallest absolute Gasteiger partial charge is 0.185 e. The second-order valence-corrected chi connectivity index (χ2v) is 13.4. The SMILES string of the molecule is C.C.C.C.Cc1cn(C)c(C=O)n1.Cc1cn(C)cn1.Cc1cnc(/C=C2\C(=O)Cc3ccccc32)[nH]1.Cc1cnc(C=O)[nH]1.Cc1cnc[nH]1.O=C1Cc2ccccc2C1. The molecular formula is C47H64N10O4. The zero-order valence-corrected chi connectivity index (χ0v) is 33.3. The van der Waals surface area contributed by atoms with Crippen LogP contribution in [0.25, 0.3) is 11.6 Å². The molecule has 0 aliphatic heterocycles. The van der Waals surface area contributed by atoms with E-state index in [1.807, 2.05) is 113 Å². The van der Waals surface area contributed by atoms with E-state index in [4.69, 9.17) is 0 Å². The van der Waals surface area contributed by atoms with Crippen molar-refractivity contribution in [3.8, 4) is 0 Å². The van der Waals surface area contributed by atoms with E-state index < -0.39 is 0 Å². The van der Waals surface area contributed by atoms with Crippen LogP contribution in [0.1, 0.15) is 107 Å². The summed E-state index contributed by atoms with van der Waals surface area (Å²) in [5, 5.41) is 0. The number of carbonyl (C=O) groups is 4. The molecule has 5 aromatic heterocycles. The summed E-state index contributed by atoms with van der Waals surface area (Å²) in [6.45, 7) is 9.58. The number of hydrogen-bond donors (Lipinski definition) is 3. The van der Waals surface area contributed by atoms with Crippen molar-refractivity contribution >= 4 is 35.8 Å². The number of aromatic nitrogens is 10. The molecule has 0 spiro atoms. The fourth-order valence-corrected chi connectivity index (χ4v) is 5.65. The van der Waals surface area contributed by atoms with Crippen LogP contribution in [0, 0.1) is 34.6 Å². The molecule has 0 amide bonds. The Hall–Kier alpha value is -7.09. The number of imidazole rings is 5. The van der Waals surface area contributed by atoms with Crippen molar-refractivity contribution in [2.75, 3.05) is 0 Å². The molecule has 2 aliphatic rings. The quantitative estimate of drug-likeness (QED) is 0.115. The van der Waals surface area contributed by atoms with Gasteiger partial charge in [0, 0.05) is 87.0 Å². The Balaban J connectivity index is 0.000000726. The third kappa shape index (κ3) is 17.3. The van der Waals surface area contributed by atoms with E-state index in [2.05, 4.69) is 39.9 Å². The molecule has 0 bridgehead atoms. The van der Waals surface area contributed by atoms with Gasteiger partial charge in [-0.25, -0.2) is 24.9 Å². The van der Waals surface area contributed by atoms with Gasteiger partial charge in [0.05, 0.1) is 24.0 Å². The first-order valence-electron chi connectivity index (χ1n) is 18.1. The molecular weight excluding hydrogens is 769 g/mol. The number of aryl methyl sites for hydroxylation is 7. The largest absolute Gasteiger partial charge is 0.349 e. The standard InChI is InChI=1S/C14H12N2O.C9H8O.C6H8N2O.C5H6N2O.C5H8N2.C4H6N2.4CH4/c1-9-8-15-14(16-9)7-12-11-5-3-2-4-10(11)6-13(12)17;10-9-5-7-3-1-2-4-8(7)6-9;1-5-3-8(2)6(4-9)7-5;1-4-2-6-5(3-8)7-4;1-5-3-7(2)4-6-5;1-4-2-5-3-6-4;;;;/h2-5,7-8H,6H2,1H3,(H,15,16);1-4H,5-6H2;3-4H,1-2H3;2-3H,1H3,(H,6,7);3-4H,1-2H3;2-3H,1H3,(H,5,6);4*1H4/b12-7-;;;;;;;;;. The number of fused-ring (bicyclic) bond motifs is 2. The second-order valence-electron chi connectivity index (χ2n) is 13.4.